The Bertz CT molecular complexity index is 2110. The van der Waals surface area contributed by atoms with Crippen LogP contribution in [0.15, 0.2) is 42.5 Å². The van der Waals surface area contributed by atoms with Crippen LogP contribution in [0.5, 0.6) is 34.5 Å². The van der Waals surface area contributed by atoms with Crippen LogP contribution >= 0.6 is 22.6 Å². The summed E-state index contributed by atoms with van der Waals surface area (Å²) in [4.78, 5) is 0. The molecule has 0 saturated heterocycles. The van der Waals surface area contributed by atoms with Crippen molar-refractivity contribution in [1.82, 2.24) is 0 Å². The smallest absolute Gasteiger partial charge is 0.203 e. The summed E-state index contributed by atoms with van der Waals surface area (Å²) in [5.74, 6) is 4.82. The highest BCUT2D eigenvalue weighted by Crippen LogP contribution is 2.42. The Morgan fingerprint density at radius 3 is 0.515 bits per heavy atom. The number of hydrogen-bond donors (Lipinski definition) is 0. The van der Waals surface area contributed by atoms with Crippen molar-refractivity contribution in [1.29, 1.82) is 0 Å². The third kappa shape index (κ3) is 52.3. The molecule has 6 nitrogen and oxygen atoms in total. The lowest BCUT2D eigenvalue weighted by molar-refractivity contribution is 0.234. The summed E-state index contributed by atoms with van der Waals surface area (Å²) in [5.41, 5.74) is 4.43. The average molecular weight is 1510 g/mol. The van der Waals surface area contributed by atoms with Gasteiger partial charge in [0, 0.05) is 3.57 Å². The van der Waals surface area contributed by atoms with Gasteiger partial charge >= 0.3 is 0 Å². The summed E-state index contributed by atoms with van der Waals surface area (Å²) in [5, 5.41) is 0. The van der Waals surface area contributed by atoms with Gasteiger partial charge < -0.3 is 28.4 Å². The predicted octanol–water partition coefficient (Wildman–Crippen LogP) is 32.4. The average Bonchev–Trinajstić information content (AvgIpc) is 0.832. The first kappa shape index (κ1) is 91.9. The lowest BCUT2D eigenvalue weighted by atomic mass is 10.1. The third-order valence-corrected chi connectivity index (χ3v) is 21.1. The molecule has 580 valence electrons. The zero-order valence-electron chi connectivity index (χ0n) is 67.3. The van der Waals surface area contributed by atoms with Crippen molar-refractivity contribution in [2.75, 3.05) is 39.6 Å². The molecule has 0 atom stereocenters. The highest BCUT2D eigenvalue weighted by molar-refractivity contribution is 14.1. The molecule has 0 aromatic heterocycles. The maximum atomic E-state index is 6.83. The molecule has 0 amide bonds. The number of hydrogen-bond acceptors (Lipinski definition) is 6. The van der Waals surface area contributed by atoms with Crippen molar-refractivity contribution in [2.24, 2.45) is 0 Å². The van der Waals surface area contributed by atoms with E-state index in [0.717, 1.165) is 95.3 Å². The van der Waals surface area contributed by atoms with E-state index in [4.69, 9.17) is 28.4 Å². The van der Waals surface area contributed by atoms with Crippen molar-refractivity contribution in [3.8, 4) is 34.5 Å². The minimum Gasteiger partial charge on any atom is -0.490 e. The first-order valence-corrected chi connectivity index (χ1v) is 45.3. The molecular formula is C94H161IO6. The summed E-state index contributed by atoms with van der Waals surface area (Å²) < 4.78 is 42.2. The van der Waals surface area contributed by atoms with E-state index >= 15 is 0 Å². The second kappa shape index (κ2) is 69.7. The monoisotopic (exact) mass is 1510 g/mol. The Balaban J connectivity index is 1.95. The van der Waals surface area contributed by atoms with Crippen LogP contribution in [-0.4, -0.2) is 39.6 Å². The fraction of sp³-hybridized carbons (Fsp3) is 0.766. The topological polar surface area (TPSA) is 55.4 Å². The molecular weight excluding hydrogens is 1350 g/mol. The summed E-state index contributed by atoms with van der Waals surface area (Å²) in [7, 11) is 0. The molecule has 3 aromatic rings. The van der Waals surface area contributed by atoms with Gasteiger partial charge in [-0.2, -0.15) is 0 Å². The Labute approximate surface area is 640 Å². The van der Waals surface area contributed by atoms with Crippen LogP contribution in [0.1, 0.15) is 449 Å². The fourth-order valence-electron chi connectivity index (χ4n) is 13.9. The van der Waals surface area contributed by atoms with Crippen molar-refractivity contribution in [3.63, 3.8) is 0 Å². The van der Waals surface area contributed by atoms with Crippen molar-refractivity contribution in [2.45, 2.75) is 427 Å². The molecule has 0 radical (unpaired) electrons. The van der Waals surface area contributed by atoms with Gasteiger partial charge in [-0.25, -0.2) is 0 Å². The van der Waals surface area contributed by atoms with Crippen LogP contribution in [0.4, 0.5) is 0 Å². The summed E-state index contributed by atoms with van der Waals surface area (Å²) in [6.07, 6.45) is 87.0. The number of ether oxygens (including phenoxy) is 6. The molecule has 0 aliphatic heterocycles. The highest BCUT2D eigenvalue weighted by atomic mass is 127. The summed E-state index contributed by atoms with van der Waals surface area (Å²) in [6.45, 7) is 17.9. The fourth-order valence-corrected chi connectivity index (χ4v) is 14.6. The van der Waals surface area contributed by atoms with Gasteiger partial charge in [0.05, 0.1) is 39.6 Å². The molecule has 0 heterocycles. The van der Waals surface area contributed by atoms with Gasteiger partial charge in [-0.05, 0) is 126 Å². The van der Waals surface area contributed by atoms with Crippen LogP contribution in [-0.2, 0) is 0 Å². The maximum absolute atomic E-state index is 6.83. The largest absolute Gasteiger partial charge is 0.490 e. The van der Waals surface area contributed by atoms with Crippen LogP contribution < -0.4 is 28.4 Å². The first-order chi connectivity index (χ1) is 50.0. The predicted molar refractivity (Wildman–Crippen MR) is 454 cm³/mol. The third-order valence-electron chi connectivity index (χ3n) is 20.5. The zero-order valence-corrected chi connectivity index (χ0v) is 69.5. The van der Waals surface area contributed by atoms with Gasteiger partial charge in [-0.15, -0.1) is 0 Å². The van der Waals surface area contributed by atoms with Crippen molar-refractivity contribution >= 4 is 46.9 Å². The number of rotatable bonds is 76. The second-order valence-electron chi connectivity index (χ2n) is 30.4. The number of unbranched alkanes of at least 4 members (excludes halogenated alkanes) is 54. The van der Waals surface area contributed by atoms with E-state index in [2.05, 4.69) is 131 Å². The quantitative estimate of drug-likeness (QED) is 0.0319. The normalized spacial score (nSPS) is 11.7. The molecule has 0 bridgehead atoms. The maximum Gasteiger partial charge on any atom is 0.203 e. The zero-order chi connectivity index (χ0) is 72.0. The summed E-state index contributed by atoms with van der Waals surface area (Å²) >= 11 is 2.49. The van der Waals surface area contributed by atoms with Gasteiger partial charge in [-0.1, -0.05) is 413 Å². The highest BCUT2D eigenvalue weighted by Gasteiger charge is 2.18. The number of halogens is 1. The van der Waals surface area contributed by atoms with E-state index in [0.29, 0.717) is 39.6 Å². The molecule has 101 heavy (non-hydrogen) atoms. The molecule has 0 N–H and O–H groups in total. The second-order valence-corrected chi connectivity index (χ2v) is 31.6. The van der Waals surface area contributed by atoms with E-state index in [9.17, 15) is 0 Å². The standard InChI is InChI=1S/C94H161IO6/c1-7-13-19-25-31-37-43-49-55-61-71-96-89-80-86(81-90(97-72-62-56-50-44-38-32-26-20-14-8-2)93(89)100-75-65-59-53-47-41-35-29-23-17-11-5)69-67-84-77-85(79-88(95)78-84)68-70-87-82-91(98-73-63-57-51-45-39-33-27-21-15-9-3)94(101-76-66-60-54-48-42-36-30-24-18-12-6)92(83-87)99-74-64-58-52-46-40-34-28-22-16-10-4/h67-70,77-83H,7-66,71-76H2,1-6H3/b69-67+,70-68+. The molecule has 0 unspecified atom stereocenters. The molecule has 0 aliphatic rings. The van der Waals surface area contributed by atoms with Gasteiger partial charge in [0.1, 0.15) is 0 Å². The van der Waals surface area contributed by atoms with E-state index in [-0.39, 0.29) is 0 Å². The molecule has 0 spiro atoms. The number of benzene rings is 3. The Morgan fingerprint density at radius 2 is 0.337 bits per heavy atom. The molecule has 3 aromatic carbocycles. The lowest BCUT2D eigenvalue weighted by Gasteiger charge is -2.18. The molecule has 0 saturated carbocycles. The Kier molecular flexibility index (Phi) is 63.4. The molecule has 7 heteroatoms. The molecule has 3 rings (SSSR count). The molecule has 0 aliphatic carbocycles. The Hall–Kier alpha value is -3.33. The van der Waals surface area contributed by atoms with Crippen LogP contribution in [0.25, 0.3) is 24.3 Å². The van der Waals surface area contributed by atoms with Gasteiger partial charge in [0.25, 0.3) is 0 Å². The summed E-state index contributed by atoms with van der Waals surface area (Å²) in [6, 6.07) is 15.7. The molecule has 0 fully saturated rings. The van der Waals surface area contributed by atoms with Gasteiger partial charge in [-0.3, -0.25) is 0 Å². The van der Waals surface area contributed by atoms with E-state index in [1.165, 1.54) is 350 Å². The lowest BCUT2D eigenvalue weighted by Crippen LogP contribution is -2.07. The van der Waals surface area contributed by atoms with E-state index in [1.807, 2.05) is 0 Å². The van der Waals surface area contributed by atoms with E-state index in [1.54, 1.807) is 0 Å². The minimum absolute atomic E-state index is 0.673. The van der Waals surface area contributed by atoms with Crippen molar-refractivity contribution < 1.29 is 28.4 Å². The van der Waals surface area contributed by atoms with Crippen LogP contribution in [0.3, 0.4) is 0 Å². The van der Waals surface area contributed by atoms with Gasteiger partial charge in [0.15, 0.2) is 23.0 Å². The first-order valence-electron chi connectivity index (χ1n) is 44.3. The van der Waals surface area contributed by atoms with Crippen LogP contribution in [0.2, 0.25) is 0 Å². The Morgan fingerprint density at radius 1 is 0.188 bits per heavy atom. The van der Waals surface area contributed by atoms with Gasteiger partial charge in [0.2, 0.25) is 11.5 Å². The van der Waals surface area contributed by atoms with Crippen LogP contribution in [0, 0.1) is 3.57 Å². The SMILES string of the molecule is CCCCCCCCCCCCOc1cc(/C=C/c2cc(I)cc(/C=C/c3cc(OCCCCCCCCCCCC)c(OCCCCCCCCCCCC)c(OCCCCCCCCCCCC)c3)c2)cc(OCCCCCCCCCCCC)c1OCCCCCCCCCCCC. The minimum atomic E-state index is 0.673. The van der Waals surface area contributed by atoms with E-state index < -0.39 is 0 Å². The van der Waals surface area contributed by atoms with Crippen molar-refractivity contribution in [3.05, 3.63) is 68.3 Å².